The SMILES string of the molecule is CCNC(=O)[C@H]1CCCN(C(=O)N[C@H](C)COc2ccc(F)cc2)C1. The van der Waals surface area contributed by atoms with Crippen molar-refractivity contribution >= 4 is 11.9 Å². The maximum absolute atomic E-state index is 12.9. The van der Waals surface area contributed by atoms with Gasteiger partial charge in [-0.2, -0.15) is 0 Å². The Labute approximate surface area is 147 Å². The molecule has 1 aliphatic heterocycles. The average molecular weight is 351 g/mol. The molecule has 0 radical (unpaired) electrons. The van der Waals surface area contributed by atoms with E-state index >= 15 is 0 Å². The molecule has 1 aromatic rings. The summed E-state index contributed by atoms with van der Waals surface area (Å²) in [5, 5.41) is 5.69. The molecule has 0 unspecified atom stereocenters. The summed E-state index contributed by atoms with van der Waals surface area (Å²) in [7, 11) is 0. The van der Waals surface area contributed by atoms with Crippen molar-refractivity contribution in [1.29, 1.82) is 0 Å². The number of urea groups is 1. The topological polar surface area (TPSA) is 70.7 Å². The summed E-state index contributed by atoms with van der Waals surface area (Å²) in [5.41, 5.74) is 0. The van der Waals surface area contributed by atoms with Gasteiger partial charge in [-0.15, -0.1) is 0 Å². The number of piperidine rings is 1. The first-order chi connectivity index (χ1) is 12.0. The van der Waals surface area contributed by atoms with Crippen LogP contribution in [0.1, 0.15) is 26.7 Å². The summed E-state index contributed by atoms with van der Waals surface area (Å²) in [6, 6.07) is 5.35. The van der Waals surface area contributed by atoms with Crippen molar-refractivity contribution < 1.29 is 18.7 Å². The Balaban J connectivity index is 1.77. The fourth-order valence-electron chi connectivity index (χ4n) is 2.79. The fraction of sp³-hybridized carbons (Fsp3) is 0.556. The van der Waals surface area contributed by atoms with Crippen LogP contribution in [0.3, 0.4) is 0 Å². The van der Waals surface area contributed by atoms with Gasteiger partial charge in [-0.05, 0) is 51.0 Å². The third-order valence-corrected chi connectivity index (χ3v) is 4.11. The fourth-order valence-corrected chi connectivity index (χ4v) is 2.79. The molecule has 0 aliphatic carbocycles. The summed E-state index contributed by atoms with van der Waals surface area (Å²) in [6.45, 7) is 5.68. The molecule has 3 amide bonds. The van der Waals surface area contributed by atoms with Crippen LogP contribution in [0.25, 0.3) is 0 Å². The number of nitrogens with one attached hydrogen (secondary N) is 2. The van der Waals surface area contributed by atoms with Gasteiger partial charge in [0.2, 0.25) is 5.91 Å². The van der Waals surface area contributed by atoms with Gasteiger partial charge in [0.1, 0.15) is 18.2 Å². The van der Waals surface area contributed by atoms with Crippen LogP contribution < -0.4 is 15.4 Å². The predicted molar refractivity (Wildman–Crippen MR) is 92.9 cm³/mol. The molecule has 7 heteroatoms. The van der Waals surface area contributed by atoms with Crippen LogP contribution in [0.4, 0.5) is 9.18 Å². The van der Waals surface area contributed by atoms with Gasteiger partial charge in [0.05, 0.1) is 12.0 Å². The first-order valence-corrected chi connectivity index (χ1v) is 8.71. The lowest BCUT2D eigenvalue weighted by Gasteiger charge is -2.32. The zero-order valence-corrected chi connectivity index (χ0v) is 14.8. The number of rotatable bonds is 6. The summed E-state index contributed by atoms with van der Waals surface area (Å²) in [6.07, 6.45) is 1.62. The second-order valence-corrected chi connectivity index (χ2v) is 6.30. The van der Waals surface area contributed by atoms with E-state index in [-0.39, 0.29) is 36.3 Å². The van der Waals surface area contributed by atoms with Gasteiger partial charge in [0.15, 0.2) is 0 Å². The molecule has 0 bridgehead atoms. The average Bonchev–Trinajstić information content (AvgIpc) is 2.61. The van der Waals surface area contributed by atoms with Crippen molar-refractivity contribution in [2.24, 2.45) is 5.92 Å². The number of hydrogen-bond acceptors (Lipinski definition) is 3. The lowest BCUT2D eigenvalue weighted by Crippen LogP contribution is -2.51. The predicted octanol–water partition coefficient (Wildman–Crippen LogP) is 2.15. The first kappa shape index (κ1) is 19.0. The van der Waals surface area contributed by atoms with E-state index in [2.05, 4.69) is 10.6 Å². The quantitative estimate of drug-likeness (QED) is 0.825. The molecular weight excluding hydrogens is 325 g/mol. The van der Waals surface area contributed by atoms with Gasteiger partial charge in [-0.25, -0.2) is 9.18 Å². The Bertz CT molecular complexity index is 579. The number of hydrogen-bond donors (Lipinski definition) is 2. The molecule has 2 rings (SSSR count). The molecule has 0 saturated carbocycles. The highest BCUT2D eigenvalue weighted by molar-refractivity contribution is 5.80. The van der Waals surface area contributed by atoms with Crippen LogP contribution in [0.5, 0.6) is 5.75 Å². The molecule has 1 heterocycles. The molecule has 0 spiro atoms. The molecule has 2 N–H and O–H groups in total. The van der Waals surface area contributed by atoms with E-state index in [1.165, 1.54) is 12.1 Å². The number of halogens is 1. The summed E-state index contributed by atoms with van der Waals surface area (Å²) in [4.78, 5) is 26.0. The summed E-state index contributed by atoms with van der Waals surface area (Å²) >= 11 is 0. The molecule has 1 saturated heterocycles. The number of benzene rings is 1. The van der Waals surface area contributed by atoms with E-state index < -0.39 is 0 Å². The van der Waals surface area contributed by atoms with E-state index in [0.29, 0.717) is 25.4 Å². The second kappa shape index (κ2) is 9.25. The van der Waals surface area contributed by atoms with E-state index in [4.69, 9.17) is 4.74 Å². The van der Waals surface area contributed by atoms with Crippen LogP contribution >= 0.6 is 0 Å². The maximum Gasteiger partial charge on any atom is 0.317 e. The number of carbonyl (C=O) groups is 2. The molecule has 1 aliphatic rings. The van der Waals surface area contributed by atoms with E-state index in [9.17, 15) is 14.0 Å². The molecule has 25 heavy (non-hydrogen) atoms. The molecule has 2 atom stereocenters. The van der Waals surface area contributed by atoms with Crippen molar-refractivity contribution in [3.05, 3.63) is 30.1 Å². The molecule has 1 fully saturated rings. The Morgan fingerprint density at radius 3 is 2.76 bits per heavy atom. The summed E-state index contributed by atoms with van der Waals surface area (Å²) < 4.78 is 18.4. The molecule has 1 aromatic carbocycles. The number of amides is 3. The molecule has 0 aromatic heterocycles. The van der Waals surface area contributed by atoms with Crippen LogP contribution in [-0.4, -0.2) is 49.1 Å². The zero-order valence-electron chi connectivity index (χ0n) is 14.8. The lowest BCUT2D eigenvalue weighted by atomic mass is 9.97. The third-order valence-electron chi connectivity index (χ3n) is 4.11. The van der Waals surface area contributed by atoms with E-state index in [1.54, 1.807) is 17.0 Å². The summed E-state index contributed by atoms with van der Waals surface area (Å²) in [5.74, 6) is 0.0927. The maximum atomic E-state index is 12.9. The Kier molecular flexibility index (Phi) is 7.03. The monoisotopic (exact) mass is 351 g/mol. The first-order valence-electron chi connectivity index (χ1n) is 8.71. The van der Waals surface area contributed by atoms with Gasteiger partial charge in [0.25, 0.3) is 0 Å². The van der Waals surface area contributed by atoms with E-state index in [0.717, 1.165) is 12.8 Å². The molecule has 6 nitrogen and oxygen atoms in total. The van der Waals surface area contributed by atoms with Gasteiger partial charge >= 0.3 is 6.03 Å². The second-order valence-electron chi connectivity index (χ2n) is 6.30. The highest BCUT2D eigenvalue weighted by Gasteiger charge is 2.28. The molecular formula is C18H26FN3O3. The van der Waals surface area contributed by atoms with Crippen LogP contribution in [0.15, 0.2) is 24.3 Å². The van der Waals surface area contributed by atoms with Crippen molar-refractivity contribution in [2.45, 2.75) is 32.7 Å². The van der Waals surface area contributed by atoms with Crippen LogP contribution in [0, 0.1) is 11.7 Å². The number of ether oxygens (including phenoxy) is 1. The standard InChI is InChI=1S/C18H26FN3O3/c1-3-20-17(23)14-5-4-10-22(11-14)18(24)21-13(2)12-25-16-8-6-15(19)7-9-16/h6-9,13-14H,3-5,10-12H2,1-2H3,(H,20,23)(H,21,24)/t13-,14+/m1/s1. The van der Waals surface area contributed by atoms with Gasteiger partial charge in [-0.1, -0.05) is 0 Å². The van der Waals surface area contributed by atoms with Gasteiger partial charge in [0, 0.05) is 19.6 Å². The van der Waals surface area contributed by atoms with Gasteiger partial charge in [-0.3, -0.25) is 4.79 Å². The Morgan fingerprint density at radius 2 is 2.08 bits per heavy atom. The minimum Gasteiger partial charge on any atom is -0.491 e. The lowest BCUT2D eigenvalue weighted by molar-refractivity contribution is -0.126. The zero-order chi connectivity index (χ0) is 18.2. The van der Waals surface area contributed by atoms with Crippen molar-refractivity contribution in [2.75, 3.05) is 26.2 Å². The molecule has 138 valence electrons. The Hall–Kier alpha value is -2.31. The highest BCUT2D eigenvalue weighted by Crippen LogP contribution is 2.17. The van der Waals surface area contributed by atoms with Crippen molar-refractivity contribution in [1.82, 2.24) is 15.5 Å². The number of carbonyl (C=O) groups excluding carboxylic acids is 2. The van der Waals surface area contributed by atoms with Crippen LogP contribution in [0.2, 0.25) is 0 Å². The van der Waals surface area contributed by atoms with E-state index in [1.807, 2.05) is 13.8 Å². The Morgan fingerprint density at radius 1 is 1.36 bits per heavy atom. The minimum absolute atomic E-state index is 0.00712. The number of nitrogens with zero attached hydrogens (tertiary/aromatic N) is 1. The highest BCUT2D eigenvalue weighted by atomic mass is 19.1. The normalized spacial score (nSPS) is 18.4. The van der Waals surface area contributed by atoms with Gasteiger partial charge < -0.3 is 20.3 Å². The van der Waals surface area contributed by atoms with Crippen molar-refractivity contribution in [3.8, 4) is 5.75 Å². The van der Waals surface area contributed by atoms with Crippen LogP contribution in [-0.2, 0) is 4.79 Å². The minimum atomic E-state index is -0.319. The third kappa shape index (κ3) is 5.92. The van der Waals surface area contributed by atoms with Crippen molar-refractivity contribution in [3.63, 3.8) is 0 Å². The smallest absolute Gasteiger partial charge is 0.317 e. The largest absolute Gasteiger partial charge is 0.491 e. The number of likely N-dealkylation sites (tertiary alicyclic amines) is 1.